The molecule has 0 spiro atoms. The van der Waals surface area contributed by atoms with E-state index in [1.165, 1.54) is 23.0 Å². The molecule has 0 aliphatic carbocycles. The Morgan fingerprint density at radius 3 is 1.57 bits per heavy atom. The van der Waals surface area contributed by atoms with Crippen LogP contribution in [0.15, 0.2) is 36.8 Å². The van der Waals surface area contributed by atoms with Crippen LogP contribution in [-0.4, -0.2) is 126 Å². The van der Waals surface area contributed by atoms with E-state index < -0.39 is 98.9 Å². The van der Waals surface area contributed by atoms with Crippen molar-refractivity contribution in [1.29, 1.82) is 0 Å². The molecule has 3 aromatic rings. The standard InChI is InChI=1S/C24H30F3N5O4S.C19H23F3N2O5S/c1-24(2,3)36-23(35)31-16(8-14-9-18(26)19(27)11-17(14)25)10-20(33)32-6-7-37-22(32)21(34)29-5-4-15-12-28-13-30-15;1-19(2,3)29-18(28)23-11(6-10-7-13(21)14(22)9-12(10)20)8-15(25)24-4-5-30-16(24)17(26)27/h9,11-13,16,22H,4-8,10H2,1-3H3,(H,28,30)(H,29,34)(H,31,35);7,9,11,16H,4-6,8H2,1-3H3,(H,23,28)(H,26,27)/t16-,22?;11-,16?/m11/s1. The second kappa shape index (κ2) is 23.9. The summed E-state index contributed by atoms with van der Waals surface area (Å²) in [6.45, 7) is 10.7. The Morgan fingerprint density at radius 2 is 1.15 bits per heavy atom. The monoisotopic (exact) mass is 989 g/mol. The van der Waals surface area contributed by atoms with Gasteiger partial charge in [0.25, 0.3) is 5.91 Å². The molecule has 5 amide bonds. The summed E-state index contributed by atoms with van der Waals surface area (Å²) in [6.07, 6.45) is 0.698. The Hall–Kier alpha value is -5.65. The van der Waals surface area contributed by atoms with Gasteiger partial charge in [-0.15, -0.1) is 23.5 Å². The molecule has 2 saturated heterocycles. The number of nitrogens with one attached hydrogen (secondary N) is 4. The van der Waals surface area contributed by atoms with Crippen LogP contribution in [-0.2, 0) is 47.9 Å². The van der Waals surface area contributed by atoms with Crippen LogP contribution in [0.5, 0.6) is 0 Å². The fourth-order valence-electron chi connectivity index (χ4n) is 6.63. The van der Waals surface area contributed by atoms with Gasteiger partial charge in [0, 0.05) is 86.5 Å². The molecule has 2 fully saturated rings. The van der Waals surface area contributed by atoms with Crippen molar-refractivity contribution in [2.45, 2.75) is 108 Å². The number of aliphatic carboxylic acids is 1. The van der Waals surface area contributed by atoms with Gasteiger partial charge in [0.1, 0.15) is 22.8 Å². The van der Waals surface area contributed by atoms with Crippen LogP contribution in [0.25, 0.3) is 0 Å². The minimum absolute atomic E-state index is 0.208. The topological polar surface area (TPSA) is 212 Å². The predicted molar refractivity (Wildman–Crippen MR) is 234 cm³/mol. The summed E-state index contributed by atoms with van der Waals surface area (Å²) in [5, 5.41) is 15.2. The summed E-state index contributed by atoms with van der Waals surface area (Å²) >= 11 is 2.39. The number of hydrogen-bond acceptors (Lipinski definition) is 11. The number of ether oxygens (including phenoxy) is 2. The highest BCUT2D eigenvalue weighted by Crippen LogP contribution is 2.27. The number of rotatable bonds is 15. The molecule has 67 heavy (non-hydrogen) atoms. The number of imidazole rings is 1. The van der Waals surface area contributed by atoms with Crippen molar-refractivity contribution in [3.05, 3.63) is 88.5 Å². The number of alkyl carbamates (subject to hydrolysis) is 2. The molecule has 2 aromatic carbocycles. The zero-order valence-corrected chi connectivity index (χ0v) is 39.1. The Labute approximate surface area is 391 Å². The third-order valence-electron chi connectivity index (χ3n) is 9.50. The molecule has 0 radical (unpaired) electrons. The number of aromatic amines is 1. The molecule has 0 saturated carbocycles. The number of nitrogens with zero attached hydrogens (tertiary/aromatic N) is 3. The van der Waals surface area contributed by atoms with Crippen molar-refractivity contribution < 1.29 is 69.7 Å². The van der Waals surface area contributed by atoms with E-state index >= 15 is 0 Å². The van der Waals surface area contributed by atoms with Gasteiger partial charge in [0.15, 0.2) is 34.0 Å². The van der Waals surface area contributed by atoms with Gasteiger partial charge < -0.3 is 45.3 Å². The highest BCUT2D eigenvalue weighted by molar-refractivity contribution is 8.01. The lowest BCUT2D eigenvalue weighted by Gasteiger charge is -2.27. The Bertz CT molecular complexity index is 2250. The zero-order chi connectivity index (χ0) is 49.8. The highest BCUT2D eigenvalue weighted by Gasteiger charge is 2.38. The summed E-state index contributed by atoms with van der Waals surface area (Å²) in [4.78, 5) is 83.9. The van der Waals surface area contributed by atoms with Crippen LogP contribution >= 0.6 is 23.5 Å². The summed E-state index contributed by atoms with van der Waals surface area (Å²) < 4.78 is 92.7. The number of carboxylic acids is 1. The van der Waals surface area contributed by atoms with E-state index in [9.17, 15) is 60.2 Å². The molecule has 5 N–H and O–H groups in total. The van der Waals surface area contributed by atoms with E-state index in [0.717, 1.165) is 22.4 Å². The Kier molecular flexibility index (Phi) is 19.2. The van der Waals surface area contributed by atoms with Crippen LogP contribution in [0, 0.1) is 34.9 Å². The summed E-state index contributed by atoms with van der Waals surface area (Å²) in [5.74, 6) is -8.82. The average molecular weight is 990 g/mol. The number of benzene rings is 2. The Morgan fingerprint density at radius 1 is 0.716 bits per heavy atom. The molecule has 3 heterocycles. The number of carboxylic acid groups (broad SMARTS) is 1. The lowest BCUT2D eigenvalue weighted by molar-refractivity contribution is -0.145. The first kappa shape index (κ1) is 54.0. The average Bonchev–Trinajstić information content (AvgIpc) is 4.01. The normalized spacial score (nSPS) is 16.9. The minimum Gasteiger partial charge on any atom is -0.479 e. The number of carbonyl (C=O) groups is 6. The van der Waals surface area contributed by atoms with E-state index in [4.69, 9.17) is 9.47 Å². The largest absolute Gasteiger partial charge is 0.479 e. The maximum Gasteiger partial charge on any atom is 0.407 e. The molecular formula is C43H53F6N7O9S2. The van der Waals surface area contributed by atoms with Crippen molar-refractivity contribution in [3.63, 3.8) is 0 Å². The molecule has 2 aliphatic heterocycles. The van der Waals surface area contributed by atoms with Crippen molar-refractivity contribution in [2.24, 2.45) is 0 Å². The maximum atomic E-state index is 14.3. The maximum absolute atomic E-state index is 14.3. The fraction of sp³-hybridized carbons (Fsp3) is 0.512. The first-order valence-corrected chi connectivity index (χ1v) is 23.0. The van der Waals surface area contributed by atoms with Gasteiger partial charge in [0.2, 0.25) is 11.8 Å². The number of amides is 5. The SMILES string of the molecule is CC(C)(C)OC(=O)N[C@@H](CC(=O)N1CCSC1C(=O)NCCc1cnc[nH]1)Cc1cc(F)c(F)cc1F.CC(C)(C)OC(=O)N[C@@H](CC(=O)N1CCSC1C(=O)O)Cc1cc(F)c(F)cc1F. The van der Waals surface area contributed by atoms with Crippen molar-refractivity contribution in [1.82, 2.24) is 35.7 Å². The molecule has 2 unspecified atom stereocenters. The zero-order valence-electron chi connectivity index (χ0n) is 37.5. The highest BCUT2D eigenvalue weighted by atomic mass is 32.2. The second-order valence-corrected chi connectivity index (χ2v) is 19.7. The van der Waals surface area contributed by atoms with Gasteiger partial charge in [0.05, 0.1) is 6.33 Å². The second-order valence-electron chi connectivity index (χ2n) is 17.3. The van der Waals surface area contributed by atoms with Crippen molar-refractivity contribution in [2.75, 3.05) is 31.1 Å². The number of H-pyrrole nitrogens is 1. The molecule has 0 bridgehead atoms. The quantitative estimate of drug-likeness (QED) is 0.0900. The number of carbonyl (C=O) groups excluding carboxylic acids is 5. The third kappa shape index (κ3) is 17.2. The molecule has 5 rings (SSSR count). The lowest BCUT2D eigenvalue weighted by atomic mass is 10.0. The minimum atomic E-state index is -1.36. The van der Waals surface area contributed by atoms with E-state index in [-0.39, 0.29) is 49.3 Å². The first-order chi connectivity index (χ1) is 31.3. The molecular weight excluding hydrogens is 937 g/mol. The molecule has 368 valence electrons. The third-order valence-corrected chi connectivity index (χ3v) is 11.9. The number of aromatic nitrogens is 2. The predicted octanol–water partition coefficient (Wildman–Crippen LogP) is 5.83. The van der Waals surface area contributed by atoms with Gasteiger partial charge in [-0.2, -0.15) is 0 Å². The van der Waals surface area contributed by atoms with E-state index in [0.29, 0.717) is 55.3 Å². The molecule has 4 atom stereocenters. The van der Waals surface area contributed by atoms with Crippen LogP contribution in [0.3, 0.4) is 0 Å². The Balaban J connectivity index is 0.000000299. The van der Waals surface area contributed by atoms with Crippen LogP contribution < -0.4 is 16.0 Å². The molecule has 2 aliphatic rings. The smallest absolute Gasteiger partial charge is 0.407 e. The van der Waals surface area contributed by atoms with Gasteiger partial charge >= 0.3 is 18.2 Å². The molecule has 16 nitrogen and oxygen atoms in total. The van der Waals surface area contributed by atoms with Gasteiger partial charge in [-0.1, -0.05) is 0 Å². The van der Waals surface area contributed by atoms with Crippen molar-refractivity contribution in [3.8, 4) is 0 Å². The van der Waals surface area contributed by atoms with Gasteiger partial charge in [-0.3, -0.25) is 14.4 Å². The van der Waals surface area contributed by atoms with Crippen molar-refractivity contribution >= 4 is 59.4 Å². The summed E-state index contributed by atoms with van der Waals surface area (Å²) in [6, 6.07) is 0.112. The summed E-state index contributed by atoms with van der Waals surface area (Å²) in [7, 11) is 0. The molecule has 24 heteroatoms. The van der Waals surface area contributed by atoms with Crippen LogP contribution in [0.1, 0.15) is 71.2 Å². The van der Waals surface area contributed by atoms with Crippen LogP contribution in [0.4, 0.5) is 35.9 Å². The number of hydrogen-bond donors (Lipinski definition) is 5. The molecule has 1 aromatic heterocycles. The van der Waals surface area contributed by atoms with E-state index in [2.05, 4.69) is 25.9 Å². The van der Waals surface area contributed by atoms with Crippen LogP contribution in [0.2, 0.25) is 0 Å². The van der Waals surface area contributed by atoms with E-state index in [1.807, 2.05) is 0 Å². The number of halogens is 6. The number of thioether (sulfide) groups is 2. The lowest BCUT2D eigenvalue weighted by Crippen LogP contribution is -2.48. The first-order valence-electron chi connectivity index (χ1n) is 20.9. The van der Waals surface area contributed by atoms with E-state index in [1.54, 1.807) is 47.7 Å². The fourth-order valence-corrected chi connectivity index (χ4v) is 8.86. The van der Waals surface area contributed by atoms with Gasteiger partial charge in [-0.25, -0.2) is 45.7 Å². The van der Waals surface area contributed by atoms with Gasteiger partial charge in [-0.05, 0) is 77.6 Å². The summed E-state index contributed by atoms with van der Waals surface area (Å²) in [5.41, 5.74) is -1.28.